The highest BCUT2D eigenvalue weighted by Gasteiger charge is 2.14. The smallest absolute Gasteiger partial charge is 0.339 e. The molecule has 0 atom stereocenters. The van der Waals surface area contributed by atoms with E-state index in [-0.39, 0.29) is 11.6 Å². The molecule has 2 rings (SSSR count). The number of rotatable bonds is 3. The van der Waals surface area contributed by atoms with Crippen molar-refractivity contribution in [3.8, 4) is 0 Å². The molecule has 0 unspecified atom stereocenters. The Morgan fingerprint density at radius 2 is 2.05 bits per heavy atom. The molecule has 0 aliphatic heterocycles. The highest BCUT2D eigenvalue weighted by molar-refractivity contribution is 7.99. The van der Waals surface area contributed by atoms with Crippen LogP contribution in [0.4, 0.5) is 10.2 Å². The van der Waals surface area contributed by atoms with E-state index in [1.54, 1.807) is 12.1 Å². The minimum absolute atomic E-state index is 0.240. The van der Waals surface area contributed by atoms with E-state index in [9.17, 15) is 9.18 Å². The van der Waals surface area contributed by atoms with Gasteiger partial charge >= 0.3 is 5.97 Å². The van der Waals surface area contributed by atoms with Crippen molar-refractivity contribution in [2.45, 2.75) is 9.79 Å². The summed E-state index contributed by atoms with van der Waals surface area (Å²) in [6.07, 6.45) is 1.50. The highest BCUT2D eigenvalue weighted by Crippen LogP contribution is 2.31. The zero-order chi connectivity index (χ0) is 13.8. The molecule has 0 aliphatic carbocycles. The number of carbonyl (C=O) groups excluding carboxylic acids is 1. The zero-order valence-electron chi connectivity index (χ0n) is 10.1. The molecule has 0 amide bonds. The van der Waals surface area contributed by atoms with E-state index in [0.717, 1.165) is 4.90 Å². The lowest BCUT2D eigenvalue weighted by Gasteiger charge is -2.07. The maximum Gasteiger partial charge on any atom is 0.339 e. The van der Waals surface area contributed by atoms with Crippen LogP contribution in [0.25, 0.3) is 0 Å². The number of nitrogens with zero attached hydrogens (tertiary/aromatic N) is 1. The molecule has 0 aliphatic rings. The number of esters is 1. The molecule has 1 aromatic heterocycles. The second-order valence-electron chi connectivity index (χ2n) is 3.65. The van der Waals surface area contributed by atoms with Gasteiger partial charge in [-0.3, -0.25) is 0 Å². The predicted octanol–water partition coefficient (Wildman–Crippen LogP) is 2.74. The number of hydrogen-bond donors (Lipinski definition) is 1. The first kappa shape index (κ1) is 13.4. The lowest BCUT2D eigenvalue weighted by molar-refractivity contribution is 0.0596. The first-order valence-electron chi connectivity index (χ1n) is 5.37. The normalized spacial score (nSPS) is 10.2. The number of benzene rings is 1. The summed E-state index contributed by atoms with van der Waals surface area (Å²) in [5.41, 5.74) is 5.89. The van der Waals surface area contributed by atoms with Crippen molar-refractivity contribution in [3.05, 3.63) is 47.9 Å². The lowest BCUT2D eigenvalue weighted by atomic mass is 10.2. The topological polar surface area (TPSA) is 65.2 Å². The van der Waals surface area contributed by atoms with Crippen molar-refractivity contribution in [2.24, 2.45) is 0 Å². The summed E-state index contributed by atoms with van der Waals surface area (Å²) in [7, 11) is 1.30. The van der Waals surface area contributed by atoms with Crippen LogP contribution >= 0.6 is 11.8 Å². The Labute approximate surface area is 113 Å². The van der Waals surface area contributed by atoms with Crippen molar-refractivity contribution >= 4 is 23.5 Å². The van der Waals surface area contributed by atoms with Crippen molar-refractivity contribution < 1.29 is 13.9 Å². The third-order valence-electron chi connectivity index (χ3n) is 2.34. The highest BCUT2D eigenvalue weighted by atomic mass is 32.2. The van der Waals surface area contributed by atoms with Crippen LogP contribution in [0.2, 0.25) is 0 Å². The molecule has 19 heavy (non-hydrogen) atoms. The van der Waals surface area contributed by atoms with Crippen LogP contribution in [0.3, 0.4) is 0 Å². The molecule has 2 N–H and O–H groups in total. The van der Waals surface area contributed by atoms with Gasteiger partial charge in [0.2, 0.25) is 0 Å². The number of pyridine rings is 1. The summed E-state index contributed by atoms with van der Waals surface area (Å²) in [5.74, 6) is -0.560. The fourth-order valence-corrected chi connectivity index (χ4v) is 2.32. The average molecular weight is 278 g/mol. The number of carbonyl (C=O) groups is 1. The minimum Gasteiger partial charge on any atom is -0.465 e. The number of nitrogen functional groups attached to an aromatic ring is 1. The minimum atomic E-state index is -0.487. The van der Waals surface area contributed by atoms with Crippen molar-refractivity contribution in [3.63, 3.8) is 0 Å². The molecule has 98 valence electrons. The summed E-state index contributed by atoms with van der Waals surface area (Å²) < 4.78 is 17.5. The molecular weight excluding hydrogens is 267 g/mol. The van der Waals surface area contributed by atoms with Crippen molar-refractivity contribution in [2.75, 3.05) is 12.8 Å². The Balaban J connectivity index is 2.34. The van der Waals surface area contributed by atoms with Crippen LogP contribution in [0.15, 0.2) is 46.3 Å². The van der Waals surface area contributed by atoms with Gasteiger partial charge in [0.25, 0.3) is 0 Å². The van der Waals surface area contributed by atoms with Gasteiger partial charge in [0.1, 0.15) is 11.6 Å². The fraction of sp³-hybridized carbons (Fsp3) is 0.0769. The van der Waals surface area contributed by atoms with Crippen LogP contribution in [0.1, 0.15) is 10.4 Å². The summed E-state index contributed by atoms with van der Waals surface area (Å²) in [5, 5.41) is 0. The van der Waals surface area contributed by atoms with Crippen LogP contribution < -0.4 is 5.73 Å². The molecule has 2 aromatic rings. The monoisotopic (exact) mass is 278 g/mol. The Hall–Kier alpha value is -2.08. The third kappa shape index (κ3) is 3.23. The van der Waals surface area contributed by atoms with Gasteiger partial charge in [-0.2, -0.15) is 0 Å². The van der Waals surface area contributed by atoms with Gasteiger partial charge in [0, 0.05) is 16.0 Å². The molecule has 0 bridgehead atoms. The van der Waals surface area contributed by atoms with Crippen LogP contribution in [-0.2, 0) is 4.74 Å². The van der Waals surface area contributed by atoms with Gasteiger partial charge in [-0.15, -0.1) is 0 Å². The SMILES string of the molecule is COC(=O)c1cc(N)ncc1Sc1ccc(F)cc1. The molecule has 4 nitrogen and oxygen atoms in total. The van der Waals surface area contributed by atoms with E-state index in [0.29, 0.717) is 10.5 Å². The van der Waals surface area contributed by atoms with E-state index in [1.807, 2.05) is 0 Å². The number of nitrogens with two attached hydrogens (primary N) is 1. The number of anilines is 1. The molecule has 0 saturated carbocycles. The van der Waals surface area contributed by atoms with Crippen molar-refractivity contribution in [1.82, 2.24) is 4.98 Å². The molecule has 1 heterocycles. The zero-order valence-corrected chi connectivity index (χ0v) is 10.9. The van der Waals surface area contributed by atoms with Gasteiger partial charge in [-0.1, -0.05) is 11.8 Å². The Morgan fingerprint density at radius 3 is 2.68 bits per heavy atom. The molecular formula is C13H11FN2O2S. The van der Waals surface area contributed by atoms with Gasteiger partial charge in [0.15, 0.2) is 0 Å². The maximum absolute atomic E-state index is 12.8. The van der Waals surface area contributed by atoms with Gasteiger partial charge < -0.3 is 10.5 Å². The second-order valence-corrected chi connectivity index (χ2v) is 4.77. The Bertz CT molecular complexity index is 602. The quantitative estimate of drug-likeness (QED) is 0.874. The number of halogens is 1. The second kappa shape index (κ2) is 5.71. The summed E-state index contributed by atoms with van der Waals surface area (Å²) in [4.78, 5) is 17.0. The summed E-state index contributed by atoms with van der Waals surface area (Å²) >= 11 is 1.29. The van der Waals surface area contributed by atoms with E-state index in [4.69, 9.17) is 10.5 Å². The molecule has 0 radical (unpaired) electrons. The van der Waals surface area contributed by atoms with Gasteiger partial charge in [-0.25, -0.2) is 14.2 Å². The van der Waals surface area contributed by atoms with E-state index < -0.39 is 5.97 Å². The summed E-state index contributed by atoms with van der Waals surface area (Å²) in [6.45, 7) is 0. The van der Waals surface area contributed by atoms with Crippen molar-refractivity contribution in [1.29, 1.82) is 0 Å². The van der Waals surface area contributed by atoms with E-state index in [2.05, 4.69) is 4.98 Å². The predicted molar refractivity (Wildman–Crippen MR) is 70.5 cm³/mol. The van der Waals surface area contributed by atoms with Gasteiger partial charge in [0.05, 0.1) is 12.7 Å². The molecule has 0 fully saturated rings. The maximum atomic E-state index is 12.8. The molecule has 0 spiro atoms. The lowest BCUT2D eigenvalue weighted by Crippen LogP contribution is -2.05. The number of aromatic nitrogens is 1. The standard InChI is InChI=1S/C13H11FN2O2S/c1-18-13(17)10-6-12(15)16-7-11(10)19-9-4-2-8(14)3-5-9/h2-7H,1H3,(H2,15,16). The Kier molecular flexibility index (Phi) is 4.01. The number of hydrogen-bond acceptors (Lipinski definition) is 5. The summed E-state index contributed by atoms with van der Waals surface area (Å²) in [6, 6.07) is 7.41. The van der Waals surface area contributed by atoms with Crippen LogP contribution in [0, 0.1) is 5.82 Å². The fourth-order valence-electron chi connectivity index (χ4n) is 1.44. The van der Waals surface area contributed by atoms with Crippen LogP contribution in [-0.4, -0.2) is 18.1 Å². The average Bonchev–Trinajstić information content (AvgIpc) is 2.42. The Morgan fingerprint density at radius 1 is 1.37 bits per heavy atom. The molecule has 0 saturated heterocycles. The largest absolute Gasteiger partial charge is 0.465 e. The number of ether oxygens (including phenoxy) is 1. The molecule has 1 aromatic carbocycles. The van der Waals surface area contributed by atoms with Crippen LogP contribution in [0.5, 0.6) is 0 Å². The number of methoxy groups -OCH3 is 1. The first-order valence-corrected chi connectivity index (χ1v) is 6.19. The third-order valence-corrected chi connectivity index (χ3v) is 3.39. The van der Waals surface area contributed by atoms with E-state index in [1.165, 1.54) is 43.3 Å². The van der Waals surface area contributed by atoms with E-state index >= 15 is 0 Å². The molecule has 6 heteroatoms. The first-order chi connectivity index (χ1) is 9.10. The van der Waals surface area contributed by atoms with Gasteiger partial charge in [-0.05, 0) is 30.3 Å².